The number of nitrogens with two attached hydrogens (primary N) is 1. The highest BCUT2D eigenvalue weighted by atomic mass is 15.1. The molecule has 0 aromatic heterocycles. The lowest BCUT2D eigenvalue weighted by molar-refractivity contribution is 0.768. The highest BCUT2D eigenvalue weighted by Gasteiger charge is 2.45. The molecule has 0 fully saturated rings. The van der Waals surface area contributed by atoms with Crippen molar-refractivity contribution in [1.82, 2.24) is 0 Å². The maximum atomic E-state index is 6.08. The van der Waals surface area contributed by atoms with Gasteiger partial charge < -0.3 is 5.84 Å². The summed E-state index contributed by atoms with van der Waals surface area (Å²) in [5.74, 6) is 6.08. The Morgan fingerprint density at radius 1 is 0.457 bits per heavy atom. The van der Waals surface area contributed by atoms with Gasteiger partial charge in [0.25, 0.3) is 0 Å². The topological polar surface area (TPSA) is 38.4 Å². The van der Waals surface area contributed by atoms with Gasteiger partial charge in [0.05, 0.1) is 11.1 Å². The summed E-state index contributed by atoms with van der Waals surface area (Å²) in [7, 11) is 0. The van der Waals surface area contributed by atoms with Crippen LogP contribution in [-0.4, -0.2) is 5.71 Å². The molecule has 0 radical (unpaired) electrons. The van der Waals surface area contributed by atoms with Gasteiger partial charge in [-0.3, -0.25) is 0 Å². The van der Waals surface area contributed by atoms with Gasteiger partial charge in [-0.2, -0.15) is 5.10 Å². The first-order valence-corrected chi connectivity index (χ1v) is 15.7. The van der Waals surface area contributed by atoms with E-state index in [1.165, 1.54) is 38.8 Å². The summed E-state index contributed by atoms with van der Waals surface area (Å²) in [4.78, 5) is 0. The molecule has 0 aliphatic heterocycles. The van der Waals surface area contributed by atoms with E-state index in [1.807, 2.05) is 6.07 Å². The quantitative estimate of drug-likeness (QED) is 0.117. The number of hydrogen-bond acceptors (Lipinski definition) is 2. The van der Waals surface area contributed by atoms with Gasteiger partial charge in [-0.05, 0) is 73.0 Å². The smallest absolute Gasteiger partial charge is 0.0905 e. The molecule has 0 heterocycles. The summed E-state index contributed by atoms with van der Waals surface area (Å²) in [6.07, 6.45) is 2.11. The first-order valence-electron chi connectivity index (χ1n) is 15.7. The average molecular weight is 589 g/mol. The Hall–Kier alpha value is -5.99. The fourth-order valence-electron chi connectivity index (χ4n) is 7.24. The van der Waals surface area contributed by atoms with E-state index in [1.54, 1.807) is 0 Å². The van der Waals surface area contributed by atoms with Gasteiger partial charge >= 0.3 is 0 Å². The highest BCUT2D eigenvalue weighted by Crippen LogP contribution is 2.56. The number of allylic oxidation sites excluding steroid dienone is 1. The van der Waals surface area contributed by atoms with E-state index in [-0.39, 0.29) is 0 Å². The first-order chi connectivity index (χ1) is 22.8. The van der Waals surface area contributed by atoms with E-state index >= 15 is 0 Å². The van der Waals surface area contributed by atoms with Gasteiger partial charge in [-0.1, -0.05) is 170 Å². The standard InChI is InChI=1S/C44H32N2/c45-46-43(35-24-23-31-13-7-8-16-34(31)29-35)30-40(32-14-3-1-4-15-32)33-25-27-37(28-26-33)44(36-17-5-2-6-18-36)41-21-11-9-19-38(41)39-20-10-12-22-42(39)44/h1-30H,45H2/b40-30+,46-43+. The van der Waals surface area contributed by atoms with Crippen LogP contribution < -0.4 is 5.84 Å². The fraction of sp³-hybridized carbons (Fsp3) is 0.0227. The predicted molar refractivity (Wildman–Crippen MR) is 192 cm³/mol. The Labute approximate surface area is 269 Å². The molecule has 46 heavy (non-hydrogen) atoms. The van der Waals surface area contributed by atoms with E-state index < -0.39 is 5.41 Å². The molecular weight excluding hydrogens is 556 g/mol. The highest BCUT2D eigenvalue weighted by molar-refractivity contribution is 6.14. The minimum absolute atomic E-state index is 0.432. The van der Waals surface area contributed by atoms with Crippen molar-refractivity contribution in [3.8, 4) is 11.1 Å². The Balaban J connectivity index is 1.30. The number of hydrogen-bond donors (Lipinski definition) is 1. The lowest BCUT2D eigenvalue weighted by Crippen LogP contribution is -2.28. The second kappa shape index (κ2) is 11.5. The lowest BCUT2D eigenvalue weighted by atomic mass is 9.67. The molecule has 7 aromatic carbocycles. The summed E-state index contributed by atoms with van der Waals surface area (Å²) in [6, 6.07) is 62.9. The molecule has 7 aromatic rings. The molecule has 2 nitrogen and oxygen atoms in total. The third-order valence-corrected chi connectivity index (χ3v) is 9.34. The molecule has 0 saturated heterocycles. The zero-order chi connectivity index (χ0) is 30.9. The first kappa shape index (κ1) is 27.6. The molecule has 2 N–H and O–H groups in total. The van der Waals surface area contributed by atoms with Crippen molar-refractivity contribution in [3.05, 3.63) is 221 Å². The SMILES string of the molecule is N/N=C(\C=C(/c1ccccc1)c1ccc(C2(c3ccccc3)c3ccccc3-c3ccccc32)cc1)c1ccc2ccccc2c1. The van der Waals surface area contributed by atoms with Crippen molar-refractivity contribution in [3.63, 3.8) is 0 Å². The number of rotatable bonds is 6. The summed E-state index contributed by atoms with van der Waals surface area (Å²) < 4.78 is 0. The van der Waals surface area contributed by atoms with Crippen LogP contribution in [0.4, 0.5) is 0 Å². The largest absolute Gasteiger partial charge is 0.323 e. The summed E-state index contributed by atoms with van der Waals surface area (Å²) in [5.41, 5.74) is 12.2. The normalized spacial score (nSPS) is 13.7. The van der Waals surface area contributed by atoms with Crippen LogP contribution in [0, 0.1) is 0 Å². The van der Waals surface area contributed by atoms with Gasteiger partial charge in [0.1, 0.15) is 0 Å². The van der Waals surface area contributed by atoms with E-state index in [0.717, 1.165) is 33.4 Å². The molecule has 218 valence electrons. The van der Waals surface area contributed by atoms with Crippen LogP contribution >= 0.6 is 0 Å². The van der Waals surface area contributed by atoms with Gasteiger partial charge in [0.15, 0.2) is 0 Å². The molecule has 0 atom stereocenters. The predicted octanol–water partition coefficient (Wildman–Crippen LogP) is 10.00. The van der Waals surface area contributed by atoms with E-state index in [0.29, 0.717) is 0 Å². The van der Waals surface area contributed by atoms with Crippen LogP contribution in [-0.2, 0) is 5.41 Å². The van der Waals surface area contributed by atoms with Crippen LogP contribution in [0.25, 0.3) is 27.5 Å². The average Bonchev–Trinajstić information content (AvgIpc) is 3.44. The maximum Gasteiger partial charge on any atom is 0.0905 e. The van der Waals surface area contributed by atoms with Gasteiger partial charge in [-0.25, -0.2) is 0 Å². The summed E-state index contributed by atoms with van der Waals surface area (Å²) >= 11 is 0. The van der Waals surface area contributed by atoms with Crippen LogP contribution in [0.5, 0.6) is 0 Å². The van der Waals surface area contributed by atoms with Gasteiger partial charge in [0, 0.05) is 5.56 Å². The Kier molecular flexibility index (Phi) is 6.89. The Bertz CT molecular complexity index is 2200. The molecule has 0 bridgehead atoms. The molecule has 0 saturated carbocycles. The van der Waals surface area contributed by atoms with Gasteiger partial charge in [0.2, 0.25) is 0 Å². The molecule has 0 spiro atoms. The molecule has 1 aliphatic rings. The zero-order valence-corrected chi connectivity index (χ0v) is 25.3. The van der Waals surface area contributed by atoms with Crippen molar-refractivity contribution < 1.29 is 0 Å². The summed E-state index contributed by atoms with van der Waals surface area (Å²) in [5, 5.41) is 6.62. The van der Waals surface area contributed by atoms with Crippen molar-refractivity contribution in [1.29, 1.82) is 0 Å². The molecule has 0 unspecified atom stereocenters. The second-order valence-electron chi connectivity index (χ2n) is 11.8. The van der Waals surface area contributed by atoms with E-state index in [9.17, 15) is 0 Å². The Morgan fingerprint density at radius 2 is 0.957 bits per heavy atom. The van der Waals surface area contributed by atoms with Crippen LogP contribution in [0.1, 0.15) is 38.9 Å². The molecule has 1 aliphatic carbocycles. The minimum atomic E-state index is -0.432. The Morgan fingerprint density at radius 3 is 1.61 bits per heavy atom. The van der Waals surface area contributed by atoms with Crippen molar-refractivity contribution in [2.75, 3.05) is 0 Å². The number of hydrazone groups is 1. The minimum Gasteiger partial charge on any atom is -0.323 e. The second-order valence-corrected chi connectivity index (χ2v) is 11.8. The number of fused-ring (bicyclic) bond motifs is 4. The zero-order valence-electron chi connectivity index (χ0n) is 25.3. The van der Waals surface area contributed by atoms with Crippen molar-refractivity contribution in [2.45, 2.75) is 5.41 Å². The van der Waals surface area contributed by atoms with Crippen molar-refractivity contribution in [2.24, 2.45) is 10.9 Å². The number of benzene rings is 7. The molecule has 2 heteroatoms. The third kappa shape index (κ3) is 4.46. The monoisotopic (exact) mass is 588 g/mol. The lowest BCUT2D eigenvalue weighted by Gasteiger charge is -2.34. The molecule has 0 amide bonds. The van der Waals surface area contributed by atoms with Crippen LogP contribution in [0.3, 0.4) is 0 Å². The van der Waals surface area contributed by atoms with E-state index in [2.05, 4.69) is 181 Å². The van der Waals surface area contributed by atoms with E-state index in [4.69, 9.17) is 5.84 Å². The molecular formula is C44H32N2. The van der Waals surface area contributed by atoms with Crippen LogP contribution in [0.2, 0.25) is 0 Å². The summed E-state index contributed by atoms with van der Waals surface area (Å²) in [6.45, 7) is 0. The molecule has 8 rings (SSSR count). The van der Waals surface area contributed by atoms with Crippen molar-refractivity contribution >= 4 is 22.1 Å². The van der Waals surface area contributed by atoms with Gasteiger partial charge in [-0.15, -0.1) is 0 Å². The fourth-order valence-corrected chi connectivity index (χ4v) is 7.24. The third-order valence-electron chi connectivity index (χ3n) is 9.34. The number of nitrogens with zero attached hydrogens (tertiary/aromatic N) is 1. The van der Waals surface area contributed by atoms with Crippen LogP contribution in [0.15, 0.2) is 187 Å². The maximum absolute atomic E-state index is 6.08.